The summed E-state index contributed by atoms with van der Waals surface area (Å²) in [7, 11) is 0. The number of benzene rings is 2. The number of hydrogen-bond acceptors (Lipinski definition) is 5. The Hall–Kier alpha value is -3.22. The third-order valence-corrected chi connectivity index (χ3v) is 7.76. The standard InChI is InChI=1S/C25H23F4N3O4S/c1-14-11-17(22(33)34)12-15(2)18(14)5-10-37(36)32-8-6-24(7-9-32)23(35)30-21(31-24)16-3-4-20(26)19(13-16)25(27,28)29/h3-5,10-13H,6-9H2,1-2H3,(H,33,34)(H,30,31,35)/b10-5+. The Kier molecular flexibility index (Phi) is 7.19. The van der Waals surface area contributed by atoms with Gasteiger partial charge in [-0.05, 0) is 79.8 Å². The number of aliphatic imine (C=N–C) groups is 1. The molecule has 2 aromatic rings. The number of carbonyl (C=O) groups excluding carboxylic acids is 1. The van der Waals surface area contributed by atoms with Crippen LogP contribution in [-0.4, -0.2) is 50.3 Å². The maximum atomic E-state index is 13.7. The van der Waals surface area contributed by atoms with Crippen molar-refractivity contribution in [2.75, 3.05) is 13.1 Å². The van der Waals surface area contributed by atoms with Gasteiger partial charge in [-0.3, -0.25) is 9.79 Å². The highest BCUT2D eigenvalue weighted by atomic mass is 32.2. The molecule has 0 bridgehead atoms. The first kappa shape index (κ1) is 26.8. The van der Waals surface area contributed by atoms with Crippen LogP contribution in [0.2, 0.25) is 0 Å². The molecule has 1 fully saturated rings. The van der Waals surface area contributed by atoms with Gasteiger partial charge >= 0.3 is 12.1 Å². The molecule has 1 unspecified atom stereocenters. The number of amidine groups is 1. The molecule has 2 aliphatic heterocycles. The summed E-state index contributed by atoms with van der Waals surface area (Å²) in [5, 5.41) is 13.2. The topological polar surface area (TPSA) is 105 Å². The average molecular weight is 538 g/mol. The Bertz CT molecular complexity index is 1290. The van der Waals surface area contributed by atoms with Crippen molar-refractivity contribution in [3.05, 3.63) is 74.9 Å². The zero-order valence-electron chi connectivity index (χ0n) is 19.9. The number of carboxylic acid groups (broad SMARTS) is 1. The van der Waals surface area contributed by atoms with Crippen LogP contribution in [-0.2, 0) is 22.3 Å². The Morgan fingerprint density at radius 3 is 2.38 bits per heavy atom. The van der Waals surface area contributed by atoms with Crippen molar-refractivity contribution in [2.45, 2.75) is 38.4 Å². The normalized spacial score (nSPS) is 18.8. The van der Waals surface area contributed by atoms with E-state index in [2.05, 4.69) is 10.3 Å². The molecule has 1 spiro atoms. The van der Waals surface area contributed by atoms with E-state index in [1.165, 1.54) is 17.5 Å². The van der Waals surface area contributed by atoms with Gasteiger partial charge in [0.05, 0.1) is 22.5 Å². The molecule has 37 heavy (non-hydrogen) atoms. The lowest BCUT2D eigenvalue weighted by Gasteiger charge is -2.34. The Morgan fingerprint density at radius 2 is 1.81 bits per heavy atom. The Morgan fingerprint density at radius 1 is 1.19 bits per heavy atom. The molecule has 1 saturated heterocycles. The van der Waals surface area contributed by atoms with Crippen LogP contribution in [0.5, 0.6) is 0 Å². The summed E-state index contributed by atoms with van der Waals surface area (Å²) in [6, 6.07) is 5.51. The fourth-order valence-corrected chi connectivity index (χ4v) is 5.46. The quantitative estimate of drug-likeness (QED) is 0.439. The minimum absolute atomic E-state index is 0.0486. The van der Waals surface area contributed by atoms with Crippen LogP contribution in [0.4, 0.5) is 17.6 Å². The highest BCUT2D eigenvalue weighted by molar-refractivity contribution is 7.92. The number of amides is 1. The van der Waals surface area contributed by atoms with Gasteiger partial charge in [-0.1, -0.05) is 0 Å². The van der Waals surface area contributed by atoms with E-state index in [1.54, 1.807) is 24.2 Å². The Balaban J connectivity index is 1.46. The molecule has 1 atom stereocenters. The summed E-state index contributed by atoms with van der Waals surface area (Å²) in [6.45, 7) is 4.02. The average Bonchev–Trinajstić information content (AvgIpc) is 3.13. The van der Waals surface area contributed by atoms with Crippen molar-refractivity contribution < 1.29 is 36.8 Å². The van der Waals surface area contributed by atoms with Crippen molar-refractivity contribution in [1.29, 1.82) is 0 Å². The number of piperidine rings is 1. The molecular formula is C25H23F4N3O4S. The van der Waals surface area contributed by atoms with Gasteiger partial charge in [-0.15, -0.1) is 4.31 Å². The number of aryl methyl sites for hydroxylation is 2. The van der Waals surface area contributed by atoms with Crippen molar-refractivity contribution in [2.24, 2.45) is 4.99 Å². The predicted molar refractivity (Wildman–Crippen MR) is 130 cm³/mol. The molecule has 1 amide bonds. The van der Waals surface area contributed by atoms with Crippen LogP contribution in [0.1, 0.15) is 51.0 Å². The van der Waals surface area contributed by atoms with Gasteiger partial charge in [0.2, 0.25) is 0 Å². The maximum Gasteiger partial charge on any atom is 0.419 e. The van der Waals surface area contributed by atoms with Crippen LogP contribution in [0, 0.1) is 19.7 Å². The zero-order chi connectivity index (χ0) is 27.1. The maximum absolute atomic E-state index is 13.7. The predicted octanol–water partition coefficient (Wildman–Crippen LogP) is 4.21. The molecule has 2 N–H and O–H groups in total. The SMILES string of the molecule is Cc1cc(C(=O)O)cc(C)c1/C=C/[S+]([O-])N1CCC2(CC1)N=C(c1ccc(F)c(C(F)(F)F)c1)NC2=O. The monoisotopic (exact) mass is 537 g/mol. The van der Waals surface area contributed by atoms with E-state index in [1.807, 2.05) is 0 Å². The molecule has 0 aliphatic carbocycles. The molecule has 4 rings (SSSR count). The number of nitrogens with zero attached hydrogens (tertiary/aromatic N) is 2. The lowest BCUT2D eigenvalue weighted by molar-refractivity contribution is -0.140. The summed E-state index contributed by atoms with van der Waals surface area (Å²) < 4.78 is 67.5. The van der Waals surface area contributed by atoms with Crippen molar-refractivity contribution in [1.82, 2.24) is 9.62 Å². The van der Waals surface area contributed by atoms with Gasteiger partial charge in [0.1, 0.15) is 22.6 Å². The summed E-state index contributed by atoms with van der Waals surface area (Å²) in [6.07, 6.45) is -2.83. The molecule has 7 nitrogen and oxygen atoms in total. The van der Waals surface area contributed by atoms with E-state index >= 15 is 0 Å². The molecule has 12 heteroatoms. The number of nitrogens with one attached hydrogen (secondary N) is 1. The van der Waals surface area contributed by atoms with E-state index in [4.69, 9.17) is 0 Å². The number of halogens is 4. The summed E-state index contributed by atoms with van der Waals surface area (Å²) >= 11 is -1.54. The number of carboxylic acids is 1. The van der Waals surface area contributed by atoms with Crippen LogP contribution >= 0.6 is 0 Å². The fourth-order valence-electron chi connectivity index (χ4n) is 4.49. The van der Waals surface area contributed by atoms with Gasteiger partial charge in [0.15, 0.2) is 0 Å². The summed E-state index contributed by atoms with van der Waals surface area (Å²) in [5.74, 6) is -2.97. The van der Waals surface area contributed by atoms with Crippen LogP contribution < -0.4 is 5.32 Å². The smallest absolute Gasteiger partial charge is 0.419 e. The zero-order valence-corrected chi connectivity index (χ0v) is 20.7. The molecule has 2 heterocycles. The Labute approximate surface area is 213 Å². The first-order valence-corrected chi connectivity index (χ1v) is 12.4. The molecule has 2 aliphatic rings. The minimum Gasteiger partial charge on any atom is -0.593 e. The van der Waals surface area contributed by atoms with E-state index < -0.39 is 46.3 Å². The van der Waals surface area contributed by atoms with Crippen LogP contribution in [0.3, 0.4) is 0 Å². The highest BCUT2D eigenvalue weighted by Crippen LogP contribution is 2.35. The molecule has 0 aromatic heterocycles. The molecule has 0 saturated carbocycles. The number of carbonyl (C=O) groups is 2. The van der Waals surface area contributed by atoms with Crippen molar-refractivity contribution in [3.8, 4) is 0 Å². The van der Waals surface area contributed by atoms with E-state index in [9.17, 15) is 36.8 Å². The number of alkyl halides is 3. The molecule has 196 valence electrons. The lowest BCUT2D eigenvalue weighted by atomic mass is 9.89. The first-order valence-electron chi connectivity index (χ1n) is 11.3. The third kappa shape index (κ3) is 5.41. The minimum atomic E-state index is -4.89. The second-order valence-electron chi connectivity index (χ2n) is 8.98. The van der Waals surface area contributed by atoms with Gasteiger partial charge < -0.3 is 15.0 Å². The molecular weight excluding hydrogens is 514 g/mol. The largest absolute Gasteiger partial charge is 0.593 e. The van der Waals surface area contributed by atoms with Crippen molar-refractivity contribution in [3.63, 3.8) is 0 Å². The molecule has 0 radical (unpaired) electrons. The van der Waals surface area contributed by atoms with Gasteiger partial charge in [0, 0.05) is 18.7 Å². The van der Waals surface area contributed by atoms with E-state index in [0.717, 1.165) is 22.8 Å². The summed E-state index contributed by atoms with van der Waals surface area (Å²) in [4.78, 5) is 28.4. The summed E-state index contributed by atoms with van der Waals surface area (Å²) in [5.41, 5.74) is -0.319. The van der Waals surface area contributed by atoms with Crippen molar-refractivity contribution >= 4 is 35.2 Å². The van der Waals surface area contributed by atoms with Gasteiger partial charge in [-0.25, -0.2) is 9.18 Å². The van der Waals surface area contributed by atoms with E-state index in [0.29, 0.717) is 12.1 Å². The second kappa shape index (κ2) is 9.92. The van der Waals surface area contributed by atoms with Crippen LogP contribution in [0.15, 0.2) is 40.7 Å². The number of aromatic carboxylic acids is 1. The van der Waals surface area contributed by atoms with E-state index in [-0.39, 0.29) is 42.9 Å². The molecule has 2 aromatic carbocycles. The highest BCUT2D eigenvalue weighted by Gasteiger charge is 2.48. The second-order valence-corrected chi connectivity index (χ2v) is 10.3. The number of rotatable bonds is 5. The fraction of sp³-hybridized carbons (Fsp3) is 0.320. The lowest BCUT2D eigenvalue weighted by Crippen LogP contribution is -2.50. The third-order valence-electron chi connectivity index (χ3n) is 6.52. The first-order chi connectivity index (χ1) is 17.3. The number of hydrogen-bond donors (Lipinski definition) is 2. The van der Waals surface area contributed by atoms with Gasteiger partial charge in [0.25, 0.3) is 5.91 Å². The van der Waals surface area contributed by atoms with Gasteiger partial charge in [-0.2, -0.15) is 13.2 Å². The van der Waals surface area contributed by atoms with Crippen LogP contribution in [0.25, 0.3) is 6.08 Å².